The summed E-state index contributed by atoms with van der Waals surface area (Å²) in [6.45, 7) is 0.771. The van der Waals surface area contributed by atoms with E-state index in [2.05, 4.69) is 15.3 Å². The molecule has 0 atom stereocenters. The summed E-state index contributed by atoms with van der Waals surface area (Å²) in [6.07, 6.45) is 2.74. The molecule has 0 spiro atoms. The smallest absolute Gasteiger partial charge is 0.249 e. The van der Waals surface area contributed by atoms with Crippen molar-refractivity contribution in [3.05, 3.63) is 71.8 Å². The van der Waals surface area contributed by atoms with Crippen LogP contribution >= 0.6 is 0 Å². The molecule has 38 heavy (non-hydrogen) atoms. The standard InChI is InChI=1S/C27H25F3N6O2/c28-22-14-33-24(35-25(22)34-21-5-3-16(4-6-21)20(12-31)13-32)17-1-2-18-15-36(7-8-38-23(18)9-17)26(37)19-10-27(29,30)11-19/h1-6,9,12-14,19,31H,7-8,10-11,15,32H2,(H,33,34,35)/b20-13+,31-12?. The van der Waals surface area contributed by atoms with Crippen molar-refractivity contribution in [2.24, 2.45) is 11.7 Å². The van der Waals surface area contributed by atoms with Crippen molar-refractivity contribution in [1.82, 2.24) is 14.9 Å². The van der Waals surface area contributed by atoms with Crippen LogP contribution in [0.4, 0.5) is 24.7 Å². The number of nitrogens with zero attached hydrogens (tertiary/aromatic N) is 3. The van der Waals surface area contributed by atoms with Crippen LogP contribution < -0.4 is 15.8 Å². The molecule has 5 rings (SSSR count). The maximum atomic E-state index is 14.5. The third kappa shape index (κ3) is 5.17. The first kappa shape index (κ1) is 25.2. The molecule has 2 aliphatic rings. The average molecular weight is 523 g/mol. The van der Waals surface area contributed by atoms with Gasteiger partial charge in [-0.05, 0) is 23.8 Å². The van der Waals surface area contributed by atoms with Crippen LogP contribution in [0.5, 0.6) is 5.75 Å². The summed E-state index contributed by atoms with van der Waals surface area (Å²) < 4.78 is 46.9. The summed E-state index contributed by atoms with van der Waals surface area (Å²) >= 11 is 0. The fourth-order valence-corrected chi connectivity index (χ4v) is 4.50. The number of allylic oxidation sites excluding steroid dienone is 1. The van der Waals surface area contributed by atoms with Crippen LogP contribution in [-0.4, -0.2) is 46.1 Å². The topological polar surface area (TPSA) is 117 Å². The highest BCUT2D eigenvalue weighted by Crippen LogP contribution is 2.43. The Morgan fingerprint density at radius 1 is 1.21 bits per heavy atom. The lowest BCUT2D eigenvalue weighted by molar-refractivity contribution is -0.160. The van der Waals surface area contributed by atoms with Gasteiger partial charge in [-0.1, -0.05) is 24.3 Å². The van der Waals surface area contributed by atoms with Gasteiger partial charge in [0.2, 0.25) is 11.8 Å². The molecule has 1 aliphatic heterocycles. The van der Waals surface area contributed by atoms with Crippen molar-refractivity contribution >= 4 is 29.2 Å². The number of anilines is 2. The van der Waals surface area contributed by atoms with Crippen molar-refractivity contribution in [3.8, 4) is 17.1 Å². The molecule has 0 unspecified atom stereocenters. The minimum absolute atomic E-state index is 0.0191. The number of hydrogen-bond donors (Lipinski definition) is 3. The summed E-state index contributed by atoms with van der Waals surface area (Å²) in [5.74, 6) is -3.55. The quantitative estimate of drug-likeness (QED) is 0.403. The molecule has 4 N–H and O–H groups in total. The molecule has 3 aromatic rings. The zero-order valence-electron chi connectivity index (χ0n) is 20.3. The van der Waals surface area contributed by atoms with E-state index < -0.39 is 30.5 Å². The summed E-state index contributed by atoms with van der Waals surface area (Å²) in [7, 11) is 0. The van der Waals surface area contributed by atoms with Gasteiger partial charge in [0, 0.05) is 60.1 Å². The molecule has 1 aliphatic carbocycles. The van der Waals surface area contributed by atoms with Gasteiger partial charge in [0.1, 0.15) is 12.4 Å². The van der Waals surface area contributed by atoms with E-state index >= 15 is 0 Å². The average Bonchev–Trinajstić information content (AvgIpc) is 3.12. The van der Waals surface area contributed by atoms with Gasteiger partial charge in [0.25, 0.3) is 0 Å². The summed E-state index contributed by atoms with van der Waals surface area (Å²) in [4.78, 5) is 22.7. The van der Waals surface area contributed by atoms with Crippen LogP contribution in [0.25, 0.3) is 17.0 Å². The summed E-state index contributed by atoms with van der Waals surface area (Å²) in [5.41, 5.74) is 8.72. The van der Waals surface area contributed by atoms with Crippen LogP contribution in [0, 0.1) is 17.1 Å². The van der Waals surface area contributed by atoms with Gasteiger partial charge in [0.05, 0.1) is 12.7 Å². The number of carbonyl (C=O) groups excluding carboxylic acids is 1. The lowest BCUT2D eigenvalue weighted by atomic mass is 9.80. The van der Waals surface area contributed by atoms with Crippen LogP contribution in [-0.2, 0) is 11.3 Å². The maximum absolute atomic E-state index is 14.5. The lowest BCUT2D eigenvalue weighted by Gasteiger charge is -2.36. The number of rotatable bonds is 6. The van der Waals surface area contributed by atoms with Crippen molar-refractivity contribution in [2.75, 3.05) is 18.5 Å². The Labute approximate surface area is 216 Å². The first-order valence-electron chi connectivity index (χ1n) is 12.0. The molecular formula is C27H25F3N6O2. The van der Waals surface area contributed by atoms with E-state index in [-0.39, 0.29) is 30.7 Å². The molecule has 196 valence electrons. The van der Waals surface area contributed by atoms with E-state index in [4.69, 9.17) is 15.9 Å². The van der Waals surface area contributed by atoms with E-state index in [1.54, 1.807) is 47.4 Å². The Morgan fingerprint density at radius 3 is 2.66 bits per heavy atom. The molecule has 11 heteroatoms. The zero-order valence-corrected chi connectivity index (χ0v) is 20.3. The Hall–Kier alpha value is -4.41. The molecule has 2 heterocycles. The lowest BCUT2D eigenvalue weighted by Crippen LogP contribution is -2.47. The number of amides is 1. The molecule has 0 radical (unpaired) electrons. The van der Waals surface area contributed by atoms with Crippen molar-refractivity contribution in [1.29, 1.82) is 5.41 Å². The fourth-order valence-electron chi connectivity index (χ4n) is 4.50. The van der Waals surface area contributed by atoms with Crippen LogP contribution in [0.3, 0.4) is 0 Å². The fraction of sp³-hybridized carbons (Fsp3) is 0.259. The van der Waals surface area contributed by atoms with E-state index in [1.165, 1.54) is 6.20 Å². The molecule has 8 nitrogen and oxygen atoms in total. The van der Waals surface area contributed by atoms with E-state index in [1.807, 2.05) is 0 Å². The summed E-state index contributed by atoms with van der Waals surface area (Å²) in [5, 5.41) is 10.3. The minimum Gasteiger partial charge on any atom is -0.491 e. The SMILES string of the molecule is N=C/C(=C\N)c1ccc(Nc2nc(-c3ccc4c(c3)OCCN(C(=O)C3CC(F)(F)C3)C4)ncc2F)cc1. The van der Waals surface area contributed by atoms with Crippen LogP contribution in [0.2, 0.25) is 0 Å². The van der Waals surface area contributed by atoms with Gasteiger partial charge in [-0.3, -0.25) is 4.79 Å². The summed E-state index contributed by atoms with van der Waals surface area (Å²) in [6, 6.07) is 12.2. The second kappa shape index (κ2) is 10.2. The molecule has 1 fully saturated rings. The maximum Gasteiger partial charge on any atom is 0.249 e. The predicted octanol–water partition coefficient (Wildman–Crippen LogP) is 4.74. The van der Waals surface area contributed by atoms with Crippen molar-refractivity contribution in [3.63, 3.8) is 0 Å². The van der Waals surface area contributed by atoms with Crippen molar-refractivity contribution in [2.45, 2.75) is 25.3 Å². The van der Waals surface area contributed by atoms with Gasteiger partial charge in [-0.25, -0.2) is 23.1 Å². The highest BCUT2D eigenvalue weighted by molar-refractivity contribution is 6.08. The normalized spacial score (nSPS) is 17.0. The third-order valence-corrected chi connectivity index (χ3v) is 6.62. The number of carbonyl (C=O) groups is 1. The Balaban J connectivity index is 1.33. The zero-order chi connectivity index (χ0) is 26.9. The molecular weight excluding hydrogens is 497 g/mol. The number of benzene rings is 2. The van der Waals surface area contributed by atoms with Crippen molar-refractivity contribution < 1.29 is 22.7 Å². The number of nitrogens with two attached hydrogens (primary N) is 1. The third-order valence-electron chi connectivity index (χ3n) is 6.62. The number of ether oxygens (including phenoxy) is 1. The molecule has 1 saturated carbocycles. The molecule has 2 aromatic carbocycles. The second-order valence-electron chi connectivity index (χ2n) is 9.25. The number of aromatic nitrogens is 2. The highest BCUT2D eigenvalue weighted by atomic mass is 19.3. The number of nitrogens with one attached hydrogen (secondary N) is 2. The minimum atomic E-state index is -2.76. The van der Waals surface area contributed by atoms with E-state index in [9.17, 15) is 18.0 Å². The molecule has 0 saturated heterocycles. The van der Waals surface area contributed by atoms with Gasteiger partial charge in [-0.15, -0.1) is 0 Å². The van der Waals surface area contributed by atoms with E-state index in [0.29, 0.717) is 29.1 Å². The first-order valence-corrected chi connectivity index (χ1v) is 12.0. The predicted molar refractivity (Wildman–Crippen MR) is 137 cm³/mol. The number of halogens is 3. The monoisotopic (exact) mass is 522 g/mol. The van der Waals surface area contributed by atoms with Gasteiger partial charge in [-0.2, -0.15) is 0 Å². The second-order valence-corrected chi connectivity index (χ2v) is 9.25. The largest absolute Gasteiger partial charge is 0.491 e. The number of hydrogen-bond acceptors (Lipinski definition) is 7. The number of fused-ring (bicyclic) bond motifs is 1. The van der Waals surface area contributed by atoms with Gasteiger partial charge >= 0.3 is 0 Å². The highest BCUT2D eigenvalue weighted by Gasteiger charge is 2.49. The molecule has 0 bridgehead atoms. The van der Waals surface area contributed by atoms with Gasteiger partial charge < -0.3 is 26.1 Å². The van der Waals surface area contributed by atoms with Crippen LogP contribution in [0.15, 0.2) is 54.9 Å². The number of alkyl halides is 2. The molecule has 1 amide bonds. The Bertz CT molecular complexity index is 1400. The molecule has 1 aromatic heterocycles. The van der Waals surface area contributed by atoms with Gasteiger partial charge in [0.15, 0.2) is 17.5 Å². The first-order chi connectivity index (χ1) is 18.3. The van der Waals surface area contributed by atoms with Crippen LogP contribution in [0.1, 0.15) is 24.0 Å². The van der Waals surface area contributed by atoms with E-state index in [0.717, 1.165) is 23.5 Å². The Morgan fingerprint density at radius 2 is 1.97 bits per heavy atom. The Kier molecular flexibility index (Phi) is 6.75.